The maximum absolute atomic E-state index is 12.7. The van der Waals surface area contributed by atoms with Gasteiger partial charge in [0.25, 0.3) is 5.91 Å². The average molecular weight is 395 g/mol. The highest BCUT2D eigenvalue weighted by Gasteiger charge is 2.31. The number of hydrogen-bond donors (Lipinski definition) is 1. The van der Waals surface area contributed by atoms with Crippen molar-refractivity contribution in [3.8, 4) is 11.5 Å². The molecule has 0 radical (unpaired) electrons. The molecule has 9 heteroatoms. The monoisotopic (exact) mass is 395 g/mol. The minimum Gasteiger partial charge on any atom is -0.454 e. The number of alkyl halides is 3. The molecule has 28 heavy (non-hydrogen) atoms. The molecular weight excluding hydrogens is 379 g/mol. The first kappa shape index (κ1) is 19.5. The summed E-state index contributed by atoms with van der Waals surface area (Å²) in [6.45, 7) is 1.62. The van der Waals surface area contributed by atoms with E-state index in [-0.39, 0.29) is 18.9 Å². The van der Waals surface area contributed by atoms with E-state index in [1.54, 1.807) is 18.2 Å². The number of fused-ring (bicyclic) bond motifs is 1. The van der Waals surface area contributed by atoms with E-state index in [2.05, 4.69) is 5.32 Å². The number of ether oxygens (including phenoxy) is 3. The number of carbonyl (C=O) groups excluding carboxylic acids is 2. The summed E-state index contributed by atoms with van der Waals surface area (Å²) in [6.07, 6.45) is -5.76. The maximum Gasteiger partial charge on any atom is 0.416 e. The Bertz CT molecular complexity index is 897. The molecule has 148 valence electrons. The van der Waals surface area contributed by atoms with E-state index in [0.29, 0.717) is 17.6 Å². The van der Waals surface area contributed by atoms with E-state index < -0.39 is 29.7 Å². The van der Waals surface area contributed by atoms with Crippen molar-refractivity contribution in [2.24, 2.45) is 0 Å². The van der Waals surface area contributed by atoms with Crippen LogP contribution in [-0.2, 0) is 22.3 Å². The van der Waals surface area contributed by atoms with Gasteiger partial charge in [0, 0.05) is 6.54 Å². The number of benzene rings is 2. The SMILES string of the molecule is C[C@H](OC(=O)c1cccc(C(F)(F)F)c1)C(=O)NCc1ccc2c(c1)OCO2. The van der Waals surface area contributed by atoms with Gasteiger partial charge in [0.1, 0.15) is 0 Å². The molecule has 1 atom stereocenters. The first-order valence-electron chi connectivity index (χ1n) is 8.28. The molecular formula is C19H16F3NO5. The minimum atomic E-state index is -4.58. The highest BCUT2D eigenvalue weighted by atomic mass is 19.4. The van der Waals surface area contributed by atoms with Gasteiger partial charge < -0.3 is 19.5 Å². The zero-order valence-electron chi connectivity index (χ0n) is 14.7. The molecule has 2 aromatic rings. The summed E-state index contributed by atoms with van der Waals surface area (Å²) in [7, 11) is 0. The Morgan fingerprint density at radius 1 is 1.14 bits per heavy atom. The summed E-state index contributed by atoms with van der Waals surface area (Å²) in [5, 5.41) is 2.59. The first-order valence-corrected chi connectivity index (χ1v) is 8.28. The molecule has 1 aliphatic rings. The zero-order chi connectivity index (χ0) is 20.3. The lowest BCUT2D eigenvalue weighted by molar-refractivity contribution is -0.137. The Labute approximate surface area is 158 Å². The number of esters is 1. The molecule has 0 unspecified atom stereocenters. The average Bonchev–Trinajstić information content (AvgIpc) is 3.13. The number of halogens is 3. The first-order chi connectivity index (χ1) is 13.2. The molecule has 0 aromatic heterocycles. The third-order valence-electron chi connectivity index (χ3n) is 3.98. The quantitative estimate of drug-likeness (QED) is 0.787. The molecule has 6 nitrogen and oxygen atoms in total. The molecule has 0 saturated heterocycles. The van der Waals surface area contributed by atoms with Crippen LogP contribution in [0.4, 0.5) is 13.2 Å². The molecule has 0 aliphatic carbocycles. The number of hydrogen-bond acceptors (Lipinski definition) is 5. The van der Waals surface area contributed by atoms with Gasteiger partial charge in [-0.05, 0) is 42.8 Å². The van der Waals surface area contributed by atoms with Crippen molar-refractivity contribution in [3.05, 3.63) is 59.2 Å². The lowest BCUT2D eigenvalue weighted by Gasteiger charge is -2.14. The van der Waals surface area contributed by atoms with Crippen LogP contribution >= 0.6 is 0 Å². The fraction of sp³-hybridized carbons (Fsp3) is 0.263. The van der Waals surface area contributed by atoms with Crippen LogP contribution < -0.4 is 14.8 Å². The van der Waals surface area contributed by atoms with Crippen molar-refractivity contribution < 1.29 is 37.0 Å². The van der Waals surface area contributed by atoms with Crippen molar-refractivity contribution in [2.75, 3.05) is 6.79 Å². The fourth-order valence-electron chi connectivity index (χ4n) is 2.49. The van der Waals surface area contributed by atoms with Crippen LogP contribution in [0.25, 0.3) is 0 Å². The normalized spacial score (nSPS) is 13.7. The Kier molecular flexibility index (Phi) is 5.43. The van der Waals surface area contributed by atoms with Gasteiger partial charge in [0.15, 0.2) is 17.6 Å². The topological polar surface area (TPSA) is 73.9 Å². The summed E-state index contributed by atoms with van der Waals surface area (Å²) >= 11 is 0. The number of nitrogens with one attached hydrogen (secondary N) is 1. The lowest BCUT2D eigenvalue weighted by Crippen LogP contribution is -2.35. The Morgan fingerprint density at radius 3 is 2.64 bits per heavy atom. The molecule has 3 rings (SSSR count). The van der Waals surface area contributed by atoms with Gasteiger partial charge in [0.05, 0.1) is 11.1 Å². The van der Waals surface area contributed by atoms with Gasteiger partial charge in [-0.25, -0.2) is 4.79 Å². The smallest absolute Gasteiger partial charge is 0.416 e. The minimum absolute atomic E-state index is 0.133. The summed E-state index contributed by atoms with van der Waals surface area (Å²) in [5.74, 6) is -0.427. The van der Waals surface area contributed by atoms with E-state index in [1.807, 2.05) is 0 Å². The van der Waals surface area contributed by atoms with Gasteiger partial charge in [0.2, 0.25) is 6.79 Å². The van der Waals surface area contributed by atoms with Gasteiger partial charge in [-0.3, -0.25) is 4.79 Å². The van der Waals surface area contributed by atoms with Crippen LogP contribution in [0.5, 0.6) is 11.5 Å². The molecule has 1 N–H and O–H groups in total. The molecule has 1 aliphatic heterocycles. The standard InChI is InChI=1S/C19H16F3NO5/c1-11(28-18(25)13-3-2-4-14(8-13)19(20,21)22)17(24)23-9-12-5-6-15-16(7-12)27-10-26-15/h2-8,11H,9-10H2,1H3,(H,23,24)/t11-/m0/s1. The van der Waals surface area contributed by atoms with Crippen LogP contribution in [-0.4, -0.2) is 24.8 Å². The number of carbonyl (C=O) groups is 2. The summed E-state index contributed by atoms with van der Waals surface area (Å²) in [5.41, 5.74) is -0.513. The van der Waals surface area contributed by atoms with E-state index in [4.69, 9.17) is 14.2 Å². The van der Waals surface area contributed by atoms with Gasteiger partial charge in [-0.1, -0.05) is 12.1 Å². The molecule has 0 saturated carbocycles. The molecule has 1 heterocycles. The Morgan fingerprint density at radius 2 is 1.89 bits per heavy atom. The molecule has 0 bridgehead atoms. The molecule has 0 fully saturated rings. The van der Waals surface area contributed by atoms with E-state index in [0.717, 1.165) is 17.7 Å². The second-order valence-corrected chi connectivity index (χ2v) is 6.03. The molecule has 2 aromatic carbocycles. The van der Waals surface area contributed by atoms with Crippen LogP contribution in [0.3, 0.4) is 0 Å². The van der Waals surface area contributed by atoms with Crippen LogP contribution in [0.1, 0.15) is 28.4 Å². The van der Waals surface area contributed by atoms with Crippen molar-refractivity contribution in [2.45, 2.75) is 25.7 Å². The van der Waals surface area contributed by atoms with E-state index in [9.17, 15) is 22.8 Å². The number of amides is 1. The Hall–Kier alpha value is -3.23. The molecule has 0 spiro atoms. The van der Waals surface area contributed by atoms with Crippen molar-refractivity contribution in [1.82, 2.24) is 5.32 Å². The fourth-order valence-corrected chi connectivity index (χ4v) is 2.49. The van der Waals surface area contributed by atoms with Gasteiger partial charge in [-0.2, -0.15) is 13.2 Å². The third kappa shape index (κ3) is 4.54. The zero-order valence-corrected chi connectivity index (χ0v) is 14.7. The van der Waals surface area contributed by atoms with Crippen molar-refractivity contribution in [3.63, 3.8) is 0 Å². The number of rotatable bonds is 5. The van der Waals surface area contributed by atoms with Crippen molar-refractivity contribution >= 4 is 11.9 Å². The van der Waals surface area contributed by atoms with Crippen LogP contribution in [0.2, 0.25) is 0 Å². The largest absolute Gasteiger partial charge is 0.454 e. The highest BCUT2D eigenvalue weighted by Crippen LogP contribution is 2.32. The predicted octanol–water partition coefficient (Wildman–Crippen LogP) is 3.30. The van der Waals surface area contributed by atoms with Gasteiger partial charge in [-0.15, -0.1) is 0 Å². The maximum atomic E-state index is 12.7. The third-order valence-corrected chi connectivity index (χ3v) is 3.98. The van der Waals surface area contributed by atoms with Gasteiger partial charge >= 0.3 is 12.1 Å². The highest BCUT2D eigenvalue weighted by molar-refractivity contribution is 5.92. The second-order valence-electron chi connectivity index (χ2n) is 6.03. The van der Waals surface area contributed by atoms with E-state index >= 15 is 0 Å². The summed E-state index contributed by atoms with van der Waals surface area (Å²) in [4.78, 5) is 24.2. The van der Waals surface area contributed by atoms with E-state index in [1.165, 1.54) is 13.0 Å². The lowest BCUT2D eigenvalue weighted by atomic mass is 10.1. The Balaban J connectivity index is 1.56. The molecule has 1 amide bonds. The second kappa shape index (κ2) is 7.79. The summed E-state index contributed by atoms with van der Waals surface area (Å²) < 4.78 is 53.6. The van der Waals surface area contributed by atoms with Crippen molar-refractivity contribution in [1.29, 1.82) is 0 Å². The van der Waals surface area contributed by atoms with Crippen LogP contribution in [0, 0.1) is 0 Å². The summed E-state index contributed by atoms with van der Waals surface area (Å²) in [6, 6.07) is 8.98. The predicted molar refractivity (Wildman–Crippen MR) is 90.7 cm³/mol. The van der Waals surface area contributed by atoms with Crippen LogP contribution in [0.15, 0.2) is 42.5 Å².